The minimum atomic E-state index is -0.504. The molecular formula is C15H12ClFN2OS. The summed E-state index contributed by atoms with van der Waals surface area (Å²) in [6.45, 7) is 1.84. The maximum Gasteiger partial charge on any atom is 0.257 e. The number of rotatable bonds is 3. The van der Waals surface area contributed by atoms with E-state index in [-0.39, 0.29) is 15.6 Å². The molecule has 108 valence electrons. The number of thiocarbonyl (C=S) groups is 1. The van der Waals surface area contributed by atoms with Crippen molar-refractivity contribution in [2.75, 3.05) is 5.32 Å². The Morgan fingerprint density at radius 2 is 2.05 bits per heavy atom. The number of anilines is 1. The zero-order valence-corrected chi connectivity index (χ0v) is 12.7. The third-order valence-corrected chi connectivity index (χ3v) is 3.46. The molecule has 2 aromatic rings. The van der Waals surface area contributed by atoms with Crippen LogP contribution in [0.25, 0.3) is 0 Å². The summed E-state index contributed by atoms with van der Waals surface area (Å²) < 4.78 is 13.0. The van der Waals surface area contributed by atoms with Crippen LogP contribution in [0.15, 0.2) is 36.4 Å². The largest absolute Gasteiger partial charge is 0.389 e. The molecule has 0 bridgehead atoms. The van der Waals surface area contributed by atoms with Gasteiger partial charge in [0.1, 0.15) is 10.8 Å². The first kappa shape index (κ1) is 15.4. The Morgan fingerprint density at radius 1 is 1.33 bits per heavy atom. The van der Waals surface area contributed by atoms with E-state index in [4.69, 9.17) is 29.6 Å². The summed E-state index contributed by atoms with van der Waals surface area (Å²) in [4.78, 5) is 12.4. The summed E-state index contributed by atoms with van der Waals surface area (Å²) in [5.74, 6) is -0.959. The lowest BCUT2D eigenvalue weighted by Crippen LogP contribution is -2.19. The van der Waals surface area contributed by atoms with Crippen LogP contribution in [-0.4, -0.2) is 10.9 Å². The van der Waals surface area contributed by atoms with Crippen LogP contribution in [-0.2, 0) is 0 Å². The molecule has 21 heavy (non-hydrogen) atoms. The first-order valence-corrected chi connectivity index (χ1v) is 6.84. The second-order valence-electron chi connectivity index (χ2n) is 4.44. The van der Waals surface area contributed by atoms with Crippen LogP contribution in [0.2, 0.25) is 5.02 Å². The molecule has 0 saturated carbocycles. The number of hydrogen-bond acceptors (Lipinski definition) is 2. The summed E-state index contributed by atoms with van der Waals surface area (Å²) in [5.41, 5.74) is 7.80. The van der Waals surface area contributed by atoms with E-state index >= 15 is 0 Å². The highest BCUT2D eigenvalue weighted by Gasteiger charge is 2.15. The Morgan fingerprint density at radius 3 is 2.67 bits per heavy atom. The summed E-state index contributed by atoms with van der Waals surface area (Å²) in [6, 6.07) is 8.89. The number of carbonyl (C=O) groups excluding carboxylic acids is 1. The minimum Gasteiger partial charge on any atom is -0.389 e. The zero-order valence-electron chi connectivity index (χ0n) is 11.1. The van der Waals surface area contributed by atoms with Crippen LogP contribution in [0, 0.1) is 12.7 Å². The van der Waals surface area contributed by atoms with Crippen molar-refractivity contribution < 1.29 is 9.18 Å². The maximum absolute atomic E-state index is 13.0. The van der Waals surface area contributed by atoms with Gasteiger partial charge in [0.2, 0.25) is 0 Å². The van der Waals surface area contributed by atoms with Gasteiger partial charge in [-0.1, -0.05) is 36.0 Å². The van der Waals surface area contributed by atoms with Gasteiger partial charge < -0.3 is 11.1 Å². The molecule has 0 fully saturated rings. The highest BCUT2D eigenvalue weighted by atomic mass is 35.5. The molecule has 1 amide bonds. The van der Waals surface area contributed by atoms with E-state index in [0.717, 1.165) is 11.6 Å². The third kappa shape index (κ3) is 3.37. The average Bonchev–Trinajstić information content (AvgIpc) is 2.37. The molecule has 0 radical (unpaired) electrons. The quantitative estimate of drug-likeness (QED) is 0.848. The molecular weight excluding hydrogens is 311 g/mol. The van der Waals surface area contributed by atoms with Gasteiger partial charge in [-0.25, -0.2) is 4.39 Å². The van der Waals surface area contributed by atoms with Crippen molar-refractivity contribution in [1.82, 2.24) is 0 Å². The number of nitrogens with one attached hydrogen (secondary N) is 1. The summed E-state index contributed by atoms with van der Waals surface area (Å²) >= 11 is 10.9. The lowest BCUT2D eigenvalue weighted by molar-refractivity contribution is 0.102. The van der Waals surface area contributed by atoms with E-state index < -0.39 is 11.7 Å². The number of carbonyl (C=O) groups is 1. The topological polar surface area (TPSA) is 55.1 Å². The molecule has 0 heterocycles. The average molecular weight is 323 g/mol. The van der Waals surface area contributed by atoms with Crippen LogP contribution in [0.3, 0.4) is 0 Å². The van der Waals surface area contributed by atoms with Crippen LogP contribution >= 0.6 is 23.8 Å². The van der Waals surface area contributed by atoms with E-state index in [2.05, 4.69) is 5.32 Å². The van der Waals surface area contributed by atoms with Gasteiger partial charge in [-0.2, -0.15) is 0 Å². The molecule has 0 aliphatic carbocycles. The van der Waals surface area contributed by atoms with Gasteiger partial charge in [0, 0.05) is 5.56 Å². The number of benzene rings is 2. The van der Waals surface area contributed by atoms with Crippen molar-refractivity contribution in [3.63, 3.8) is 0 Å². The Bertz CT molecular complexity index is 734. The Labute approximate surface area is 131 Å². The van der Waals surface area contributed by atoms with E-state index in [1.807, 2.05) is 13.0 Å². The third-order valence-electron chi connectivity index (χ3n) is 2.94. The van der Waals surface area contributed by atoms with Gasteiger partial charge in [0.05, 0.1) is 16.3 Å². The first-order valence-electron chi connectivity index (χ1n) is 6.06. The predicted octanol–water partition coefficient (Wildman–Crippen LogP) is 3.67. The van der Waals surface area contributed by atoms with Gasteiger partial charge in [-0.05, 0) is 36.8 Å². The molecule has 6 heteroatoms. The molecule has 0 spiro atoms. The van der Waals surface area contributed by atoms with Crippen molar-refractivity contribution in [3.8, 4) is 0 Å². The fourth-order valence-corrected chi connectivity index (χ4v) is 2.49. The van der Waals surface area contributed by atoms with Gasteiger partial charge in [-0.3, -0.25) is 4.79 Å². The highest BCUT2D eigenvalue weighted by Crippen LogP contribution is 2.22. The lowest BCUT2D eigenvalue weighted by Gasteiger charge is -2.13. The molecule has 2 rings (SSSR count). The first-order chi connectivity index (χ1) is 9.90. The monoisotopic (exact) mass is 322 g/mol. The number of halogens is 2. The predicted molar refractivity (Wildman–Crippen MR) is 86.4 cm³/mol. The molecule has 0 unspecified atom stereocenters. The van der Waals surface area contributed by atoms with Gasteiger partial charge in [0.15, 0.2) is 0 Å². The zero-order chi connectivity index (χ0) is 15.6. The lowest BCUT2D eigenvalue weighted by atomic mass is 10.1. The number of hydrogen-bond donors (Lipinski definition) is 2. The normalized spacial score (nSPS) is 10.2. The van der Waals surface area contributed by atoms with E-state index in [9.17, 15) is 9.18 Å². The Hall–Kier alpha value is -1.98. The Kier molecular flexibility index (Phi) is 4.55. The van der Waals surface area contributed by atoms with E-state index in [1.54, 1.807) is 12.1 Å². The van der Waals surface area contributed by atoms with Crippen molar-refractivity contribution >= 4 is 40.4 Å². The van der Waals surface area contributed by atoms with Crippen molar-refractivity contribution in [2.24, 2.45) is 5.73 Å². The molecule has 3 nitrogen and oxygen atoms in total. The number of nitrogens with two attached hydrogens (primary N) is 1. The minimum absolute atomic E-state index is 0.0389. The number of aryl methyl sites for hydroxylation is 1. The van der Waals surface area contributed by atoms with Crippen LogP contribution in [0.5, 0.6) is 0 Å². The van der Waals surface area contributed by atoms with Crippen molar-refractivity contribution in [2.45, 2.75) is 6.92 Å². The number of amides is 1. The fourth-order valence-electron chi connectivity index (χ4n) is 1.96. The second-order valence-corrected chi connectivity index (χ2v) is 5.29. The summed E-state index contributed by atoms with van der Waals surface area (Å²) in [5, 5.41) is 2.73. The summed E-state index contributed by atoms with van der Waals surface area (Å²) in [7, 11) is 0. The van der Waals surface area contributed by atoms with Crippen LogP contribution in [0.1, 0.15) is 21.5 Å². The molecule has 2 aromatic carbocycles. The maximum atomic E-state index is 13.0. The SMILES string of the molecule is Cc1cccc(NC(=O)c2ccc(F)cc2Cl)c1C(N)=S. The summed E-state index contributed by atoms with van der Waals surface area (Å²) in [6.07, 6.45) is 0. The second kappa shape index (κ2) is 6.20. The van der Waals surface area contributed by atoms with Crippen LogP contribution < -0.4 is 11.1 Å². The standard InChI is InChI=1S/C15H12ClFN2OS/c1-8-3-2-4-12(13(8)14(18)21)19-15(20)10-6-5-9(17)7-11(10)16/h2-7H,1H3,(H2,18,21)(H,19,20). The molecule has 0 aliphatic heterocycles. The van der Waals surface area contributed by atoms with Gasteiger partial charge in [-0.15, -0.1) is 0 Å². The molecule has 0 atom stereocenters. The van der Waals surface area contributed by atoms with Crippen LogP contribution in [0.4, 0.5) is 10.1 Å². The van der Waals surface area contributed by atoms with Gasteiger partial charge >= 0.3 is 0 Å². The Balaban J connectivity index is 2.36. The molecule has 0 saturated heterocycles. The highest BCUT2D eigenvalue weighted by molar-refractivity contribution is 7.80. The molecule has 0 aliphatic rings. The molecule has 3 N–H and O–H groups in total. The smallest absolute Gasteiger partial charge is 0.257 e. The van der Waals surface area contributed by atoms with Crippen molar-refractivity contribution in [1.29, 1.82) is 0 Å². The van der Waals surface area contributed by atoms with Gasteiger partial charge in [0.25, 0.3) is 5.91 Å². The van der Waals surface area contributed by atoms with Crippen molar-refractivity contribution in [3.05, 3.63) is 63.9 Å². The fraction of sp³-hybridized carbons (Fsp3) is 0.0667. The van der Waals surface area contributed by atoms with E-state index in [0.29, 0.717) is 11.3 Å². The van der Waals surface area contributed by atoms with E-state index in [1.165, 1.54) is 12.1 Å². The molecule has 0 aromatic heterocycles.